The summed E-state index contributed by atoms with van der Waals surface area (Å²) in [4.78, 5) is 0. The summed E-state index contributed by atoms with van der Waals surface area (Å²) in [5.41, 5.74) is 0. The second kappa shape index (κ2) is 18.3. The fraction of sp³-hybridized carbons (Fsp3) is 0.917. The average Bonchev–Trinajstić information content (AvgIpc) is 2.72. The molecule has 0 aliphatic carbocycles. The Morgan fingerprint density at radius 2 is 1.38 bits per heavy atom. The molecule has 4 atom stereocenters. The SMILES string of the molecule is CCCCCCCC/C=C\CCCCCCCCO[C@@H]1C[C@@H](O)[C@H](O)[C@@H](CO)O1. The van der Waals surface area contributed by atoms with E-state index >= 15 is 0 Å². The summed E-state index contributed by atoms with van der Waals surface area (Å²) in [6.07, 6.45) is 19.6. The molecule has 0 aromatic carbocycles. The highest BCUT2D eigenvalue weighted by atomic mass is 16.7. The zero-order valence-corrected chi connectivity index (χ0v) is 18.6. The summed E-state index contributed by atoms with van der Waals surface area (Å²) in [6.45, 7) is 2.54. The maximum atomic E-state index is 9.77. The van der Waals surface area contributed by atoms with Crippen LogP contribution in [-0.2, 0) is 9.47 Å². The highest BCUT2D eigenvalue weighted by Gasteiger charge is 2.36. The van der Waals surface area contributed by atoms with E-state index in [1.807, 2.05) is 0 Å². The van der Waals surface area contributed by atoms with Gasteiger partial charge >= 0.3 is 0 Å². The predicted molar refractivity (Wildman–Crippen MR) is 118 cm³/mol. The molecule has 5 nitrogen and oxygen atoms in total. The minimum absolute atomic E-state index is 0.254. The first-order chi connectivity index (χ1) is 14.2. The lowest BCUT2D eigenvalue weighted by atomic mass is 10.0. The second-order valence-electron chi connectivity index (χ2n) is 8.39. The molecule has 0 aromatic heterocycles. The normalized spacial score (nSPS) is 25.1. The van der Waals surface area contributed by atoms with Gasteiger partial charge in [-0.15, -0.1) is 0 Å². The molecule has 0 unspecified atom stereocenters. The number of rotatable bonds is 18. The van der Waals surface area contributed by atoms with E-state index in [2.05, 4.69) is 19.1 Å². The number of unbranched alkanes of at least 4 members (excludes halogenated alkanes) is 12. The van der Waals surface area contributed by atoms with Gasteiger partial charge in [0.15, 0.2) is 6.29 Å². The average molecular weight is 415 g/mol. The van der Waals surface area contributed by atoms with Crippen LogP contribution in [0, 0.1) is 0 Å². The van der Waals surface area contributed by atoms with Crippen molar-refractivity contribution in [3.05, 3.63) is 12.2 Å². The highest BCUT2D eigenvalue weighted by molar-refractivity contribution is 4.82. The van der Waals surface area contributed by atoms with Crippen LogP contribution in [0.4, 0.5) is 0 Å². The van der Waals surface area contributed by atoms with Gasteiger partial charge < -0.3 is 24.8 Å². The van der Waals surface area contributed by atoms with Crippen LogP contribution in [-0.4, -0.2) is 53.1 Å². The van der Waals surface area contributed by atoms with Gasteiger partial charge in [0.1, 0.15) is 12.2 Å². The molecule has 5 heteroatoms. The Balaban J connectivity index is 1.84. The zero-order chi connectivity index (χ0) is 21.2. The molecular formula is C24H46O5. The fourth-order valence-corrected chi connectivity index (χ4v) is 3.74. The summed E-state index contributed by atoms with van der Waals surface area (Å²) < 4.78 is 11.1. The Hall–Kier alpha value is -0.460. The maximum absolute atomic E-state index is 9.77. The lowest BCUT2D eigenvalue weighted by Crippen LogP contribution is -2.50. The minimum atomic E-state index is -1.04. The molecule has 0 spiro atoms. The molecule has 3 N–H and O–H groups in total. The van der Waals surface area contributed by atoms with E-state index in [9.17, 15) is 10.2 Å². The van der Waals surface area contributed by atoms with Crippen LogP contribution < -0.4 is 0 Å². The molecule has 0 radical (unpaired) electrons. The van der Waals surface area contributed by atoms with Gasteiger partial charge in [-0.25, -0.2) is 0 Å². The van der Waals surface area contributed by atoms with Gasteiger partial charge in [-0.05, 0) is 32.1 Å². The molecule has 1 aliphatic rings. The first-order valence-electron chi connectivity index (χ1n) is 12.1. The third kappa shape index (κ3) is 13.5. The molecule has 1 aliphatic heterocycles. The number of ether oxygens (including phenoxy) is 2. The third-order valence-corrected chi connectivity index (χ3v) is 5.68. The second-order valence-corrected chi connectivity index (χ2v) is 8.39. The van der Waals surface area contributed by atoms with Crippen LogP contribution in [0.3, 0.4) is 0 Å². The topological polar surface area (TPSA) is 79.2 Å². The van der Waals surface area contributed by atoms with E-state index in [4.69, 9.17) is 14.6 Å². The molecule has 29 heavy (non-hydrogen) atoms. The van der Waals surface area contributed by atoms with Crippen molar-refractivity contribution < 1.29 is 24.8 Å². The highest BCUT2D eigenvalue weighted by Crippen LogP contribution is 2.21. The Bertz CT molecular complexity index is 387. The van der Waals surface area contributed by atoms with E-state index < -0.39 is 24.6 Å². The molecule has 0 saturated carbocycles. The van der Waals surface area contributed by atoms with Crippen molar-refractivity contribution in [1.82, 2.24) is 0 Å². The summed E-state index contributed by atoms with van der Waals surface area (Å²) in [6, 6.07) is 0. The van der Waals surface area contributed by atoms with Crippen molar-refractivity contribution >= 4 is 0 Å². The molecule has 0 amide bonds. The quantitative estimate of drug-likeness (QED) is 0.220. The zero-order valence-electron chi connectivity index (χ0n) is 18.6. The Morgan fingerprint density at radius 1 is 0.828 bits per heavy atom. The van der Waals surface area contributed by atoms with Crippen LogP contribution in [0.25, 0.3) is 0 Å². The number of aliphatic hydroxyl groups excluding tert-OH is 3. The van der Waals surface area contributed by atoms with Crippen molar-refractivity contribution in [1.29, 1.82) is 0 Å². The standard InChI is InChI=1S/C24H46O5/c1-2-3-4-5-6-7-8-9-10-11-12-13-14-15-16-17-18-28-23-19-21(26)24(27)22(20-25)29-23/h9-10,21-27H,2-8,11-20H2,1H3/b10-9-/t21-,22-,23+,24+/m1/s1. The molecule has 1 saturated heterocycles. The first kappa shape index (κ1) is 26.6. The van der Waals surface area contributed by atoms with Crippen molar-refractivity contribution in [3.8, 4) is 0 Å². The van der Waals surface area contributed by atoms with Gasteiger partial charge in [0, 0.05) is 13.0 Å². The predicted octanol–water partition coefficient (Wildman–Crippen LogP) is 4.87. The Morgan fingerprint density at radius 3 is 1.97 bits per heavy atom. The Labute approximate surface area is 178 Å². The third-order valence-electron chi connectivity index (χ3n) is 5.68. The minimum Gasteiger partial charge on any atom is -0.394 e. The largest absolute Gasteiger partial charge is 0.394 e. The van der Waals surface area contributed by atoms with E-state index in [1.54, 1.807) is 0 Å². The summed E-state index contributed by atoms with van der Waals surface area (Å²) in [5, 5.41) is 28.6. The summed E-state index contributed by atoms with van der Waals surface area (Å²) in [5.74, 6) is 0. The smallest absolute Gasteiger partial charge is 0.160 e. The Kier molecular flexibility index (Phi) is 16.8. The number of hydrogen-bond donors (Lipinski definition) is 3. The molecule has 1 heterocycles. The maximum Gasteiger partial charge on any atom is 0.160 e. The van der Waals surface area contributed by atoms with Gasteiger partial charge in [0.2, 0.25) is 0 Å². The van der Waals surface area contributed by atoms with Gasteiger partial charge in [-0.3, -0.25) is 0 Å². The summed E-state index contributed by atoms with van der Waals surface area (Å²) in [7, 11) is 0. The molecule has 0 bridgehead atoms. The van der Waals surface area contributed by atoms with Gasteiger partial charge in [-0.2, -0.15) is 0 Å². The molecule has 172 valence electrons. The van der Waals surface area contributed by atoms with E-state index in [0.29, 0.717) is 6.61 Å². The molecule has 0 aromatic rings. The van der Waals surface area contributed by atoms with Crippen molar-refractivity contribution in [2.75, 3.05) is 13.2 Å². The van der Waals surface area contributed by atoms with E-state index in [0.717, 1.165) is 12.8 Å². The molecular weight excluding hydrogens is 368 g/mol. The van der Waals surface area contributed by atoms with E-state index in [-0.39, 0.29) is 13.0 Å². The van der Waals surface area contributed by atoms with Gasteiger partial charge in [-0.1, -0.05) is 76.9 Å². The number of hydrogen-bond acceptors (Lipinski definition) is 5. The van der Waals surface area contributed by atoms with Crippen molar-refractivity contribution in [2.24, 2.45) is 0 Å². The number of allylic oxidation sites excluding steroid dienone is 2. The monoisotopic (exact) mass is 414 g/mol. The van der Waals surface area contributed by atoms with Gasteiger partial charge in [0.05, 0.1) is 12.7 Å². The molecule has 1 fully saturated rings. The summed E-state index contributed by atoms with van der Waals surface area (Å²) >= 11 is 0. The van der Waals surface area contributed by atoms with Crippen molar-refractivity contribution in [3.63, 3.8) is 0 Å². The molecule has 1 rings (SSSR count). The van der Waals surface area contributed by atoms with Crippen LogP contribution in [0.2, 0.25) is 0 Å². The van der Waals surface area contributed by atoms with Crippen LogP contribution in [0.1, 0.15) is 103 Å². The first-order valence-corrected chi connectivity index (χ1v) is 12.1. The van der Waals surface area contributed by atoms with Crippen molar-refractivity contribution in [2.45, 2.75) is 128 Å². The van der Waals surface area contributed by atoms with Crippen LogP contribution in [0.5, 0.6) is 0 Å². The lowest BCUT2D eigenvalue weighted by molar-refractivity contribution is -0.256. The van der Waals surface area contributed by atoms with Gasteiger partial charge in [0.25, 0.3) is 0 Å². The van der Waals surface area contributed by atoms with E-state index in [1.165, 1.54) is 77.0 Å². The van der Waals surface area contributed by atoms with Crippen LogP contribution in [0.15, 0.2) is 12.2 Å². The van der Waals surface area contributed by atoms with Crippen LogP contribution >= 0.6 is 0 Å². The lowest BCUT2D eigenvalue weighted by Gasteiger charge is -2.36. The number of aliphatic hydroxyl groups is 3. The fourth-order valence-electron chi connectivity index (χ4n) is 3.74.